The van der Waals surface area contributed by atoms with Crippen molar-refractivity contribution < 1.29 is 30.0 Å². The number of halogens is 4. The molecule has 0 fully saturated rings. The Morgan fingerprint density at radius 1 is 1.05 bits per heavy atom. The Morgan fingerprint density at radius 3 is 1.84 bits per heavy atom. The largest absolute Gasteiger partial charge is 0.512 e. The van der Waals surface area contributed by atoms with E-state index < -0.39 is 34.2 Å². The first-order chi connectivity index (χ1) is 8.40. The lowest BCUT2D eigenvalue weighted by Crippen LogP contribution is -2.41. The summed E-state index contributed by atoms with van der Waals surface area (Å²) in [6, 6.07) is 4.03. The van der Waals surface area contributed by atoms with Crippen LogP contribution in [0.25, 0.3) is 0 Å². The molecule has 0 saturated heterocycles. The third-order valence-electron chi connectivity index (χ3n) is 2.08. The fraction of sp³-hybridized carbons (Fsp3) is 0.250. The van der Waals surface area contributed by atoms with Crippen molar-refractivity contribution >= 4 is 31.6 Å². The maximum Gasteiger partial charge on any atom is 0.512 e. The van der Waals surface area contributed by atoms with E-state index in [1.54, 1.807) is 0 Å². The third kappa shape index (κ3) is 3.02. The number of benzene rings is 1. The van der Waals surface area contributed by atoms with E-state index in [4.69, 9.17) is 11.6 Å². The van der Waals surface area contributed by atoms with Gasteiger partial charge in [0.2, 0.25) is 0 Å². The molecule has 11 heteroatoms. The van der Waals surface area contributed by atoms with Crippen molar-refractivity contribution in [3.8, 4) is 0 Å². The van der Waals surface area contributed by atoms with Crippen LogP contribution in [0.2, 0.25) is 5.02 Å². The van der Waals surface area contributed by atoms with Crippen LogP contribution in [0.4, 0.5) is 13.2 Å². The molecule has 19 heavy (non-hydrogen) atoms. The molecule has 0 N–H and O–H groups in total. The third-order valence-corrected chi connectivity index (χ3v) is 6.32. The summed E-state index contributed by atoms with van der Waals surface area (Å²) in [7, 11) is -10.5. The van der Waals surface area contributed by atoms with Crippen molar-refractivity contribution in [3.63, 3.8) is 0 Å². The van der Waals surface area contributed by atoms with E-state index in [0.717, 1.165) is 24.3 Å². The molecule has 1 rings (SSSR count). The van der Waals surface area contributed by atoms with E-state index in [0.29, 0.717) is 7.05 Å². The maximum absolute atomic E-state index is 12.3. The molecule has 0 saturated carbocycles. The lowest BCUT2D eigenvalue weighted by atomic mass is 10.4. The Hall–Kier alpha value is -0.840. The molecular formula is C8H7ClF3NO4S2. The van der Waals surface area contributed by atoms with Gasteiger partial charge in [0.05, 0.1) is 4.90 Å². The average molecular weight is 338 g/mol. The summed E-state index contributed by atoms with van der Waals surface area (Å²) in [6.07, 6.45) is 0. The number of nitrogens with zero attached hydrogens (tertiary/aromatic N) is 1. The van der Waals surface area contributed by atoms with Crippen molar-refractivity contribution in [1.82, 2.24) is 3.71 Å². The molecule has 0 heterocycles. The van der Waals surface area contributed by atoms with Crippen LogP contribution in [-0.4, -0.2) is 33.1 Å². The molecule has 0 bridgehead atoms. The van der Waals surface area contributed by atoms with Crippen LogP contribution in [0.3, 0.4) is 0 Å². The number of hydrogen-bond donors (Lipinski definition) is 0. The highest BCUT2D eigenvalue weighted by Crippen LogP contribution is 2.30. The van der Waals surface area contributed by atoms with Crippen LogP contribution >= 0.6 is 11.6 Å². The molecule has 108 valence electrons. The van der Waals surface area contributed by atoms with Gasteiger partial charge in [-0.25, -0.2) is 16.8 Å². The van der Waals surface area contributed by atoms with E-state index in [9.17, 15) is 30.0 Å². The number of hydrogen-bond acceptors (Lipinski definition) is 4. The number of rotatable bonds is 3. The van der Waals surface area contributed by atoms with Crippen LogP contribution in [-0.2, 0) is 20.0 Å². The summed E-state index contributed by atoms with van der Waals surface area (Å²) in [5.41, 5.74) is -5.71. The van der Waals surface area contributed by atoms with Gasteiger partial charge in [-0.05, 0) is 24.3 Å². The summed E-state index contributed by atoms with van der Waals surface area (Å²) in [6.45, 7) is 0. The van der Waals surface area contributed by atoms with Crippen LogP contribution in [0.1, 0.15) is 0 Å². The van der Waals surface area contributed by atoms with Gasteiger partial charge in [0.1, 0.15) is 0 Å². The summed E-state index contributed by atoms with van der Waals surface area (Å²) < 4.78 is 81.7. The Balaban J connectivity index is 3.33. The minimum absolute atomic E-state index is 0.153. The number of sulfonamides is 2. The summed E-state index contributed by atoms with van der Waals surface area (Å²) in [5.74, 6) is 0. The average Bonchev–Trinajstić information content (AvgIpc) is 2.27. The fourth-order valence-corrected chi connectivity index (χ4v) is 3.77. The Morgan fingerprint density at radius 2 is 1.47 bits per heavy atom. The Labute approximate surface area is 112 Å². The molecule has 0 unspecified atom stereocenters. The topological polar surface area (TPSA) is 71.5 Å². The molecule has 0 atom stereocenters. The molecule has 0 spiro atoms. The zero-order chi connectivity index (χ0) is 15.1. The molecule has 0 aliphatic carbocycles. The van der Waals surface area contributed by atoms with Crippen molar-refractivity contribution in [2.75, 3.05) is 7.05 Å². The van der Waals surface area contributed by atoms with Crippen LogP contribution in [0.15, 0.2) is 29.2 Å². The van der Waals surface area contributed by atoms with E-state index >= 15 is 0 Å². The van der Waals surface area contributed by atoms with Crippen LogP contribution < -0.4 is 0 Å². The Kier molecular flexibility index (Phi) is 4.20. The quantitative estimate of drug-likeness (QED) is 0.843. The minimum Gasteiger partial charge on any atom is -0.206 e. The second-order valence-corrected chi connectivity index (χ2v) is 7.89. The highest BCUT2D eigenvalue weighted by Gasteiger charge is 2.52. The van der Waals surface area contributed by atoms with Gasteiger partial charge in [-0.3, -0.25) is 0 Å². The van der Waals surface area contributed by atoms with Gasteiger partial charge in [0.15, 0.2) is 0 Å². The zero-order valence-corrected chi connectivity index (χ0v) is 11.6. The normalized spacial score (nSPS) is 13.8. The van der Waals surface area contributed by atoms with Gasteiger partial charge in [0, 0.05) is 12.1 Å². The van der Waals surface area contributed by atoms with Crippen LogP contribution in [0.5, 0.6) is 0 Å². The van der Waals surface area contributed by atoms with E-state index in [2.05, 4.69) is 0 Å². The zero-order valence-electron chi connectivity index (χ0n) is 9.22. The predicted molar refractivity (Wildman–Crippen MR) is 61.4 cm³/mol. The van der Waals surface area contributed by atoms with Crippen molar-refractivity contribution in [2.45, 2.75) is 10.4 Å². The highest BCUT2D eigenvalue weighted by atomic mass is 35.5. The predicted octanol–water partition coefficient (Wildman–Crippen LogP) is 1.81. The van der Waals surface area contributed by atoms with Crippen molar-refractivity contribution in [3.05, 3.63) is 29.3 Å². The molecule has 0 aliphatic rings. The first kappa shape index (κ1) is 16.2. The van der Waals surface area contributed by atoms with Crippen molar-refractivity contribution in [1.29, 1.82) is 0 Å². The number of alkyl halides is 3. The summed E-state index contributed by atoms with van der Waals surface area (Å²) in [4.78, 5) is -0.618. The smallest absolute Gasteiger partial charge is 0.206 e. The van der Waals surface area contributed by atoms with Gasteiger partial charge in [-0.2, -0.15) is 13.2 Å². The Bertz CT molecular complexity index is 667. The van der Waals surface area contributed by atoms with E-state index in [1.807, 2.05) is 0 Å². The fourth-order valence-electron chi connectivity index (χ4n) is 1.03. The minimum atomic E-state index is -5.98. The molecule has 0 aliphatic heterocycles. The maximum atomic E-state index is 12.3. The SMILES string of the molecule is CN(S(=O)(=O)c1ccc(Cl)cc1)S(=O)(=O)C(F)(F)F. The molecule has 0 radical (unpaired) electrons. The second-order valence-electron chi connectivity index (χ2n) is 3.29. The molecule has 5 nitrogen and oxygen atoms in total. The van der Waals surface area contributed by atoms with Gasteiger partial charge in [-0.15, -0.1) is 0 Å². The molecule has 1 aromatic rings. The highest BCUT2D eigenvalue weighted by molar-refractivity contribution is 8.04. The summed E-state index contributed by atoms with van der Waals surface area (Å²) in [5, 5.41) is 0.153. The lowest BCUT2D eigenvalue weighted by Gasteiger charge is -2.18. The van der Waals surface area contributed by atoms with Gasteiger partial charge in [-0.1, -0.05) is 15.3 Å². The van der Waals surface area contributed by atoms with Gasteiger partial charge >= 0.3 is 15.5 Å². The van der Waals surface area contributed by atoms with E-state index in [-0.39, 0.29) is 5.02 Å². The van der Waals surface area contributed by atoms with Crippen LogP contribution in [0, 0.1) is 0 Å². The molecule has 0 amide bonds. The molecule has 1 aromatic carbocycles. The standard InChI is InChI=1S/C8H7ClF3NO4S2/c1-13(19(16,17)8(10,11)12)18(14,15)7-4-2-6(9)3-5-7/h2-5H,1H3. The van der Waals surface area contributed by atoms with Gasteiger partial charge in [0.25, 0.3) is 10.0 Å². The second kappa shape index (κ2) is 4.93. The first-order valence-electron chi connectivity index (χ1n) is 4.46. The van der Waals surface area contributed by atoms with E-state index in [1.165, 1.54) is 0 Å². The molecular weight excluding hydrogens is 331 g/mol. The monoisotopic (exact) mass is 337 g/mol. The first-order valence-corrected chi connectivity index (χ1v) is 7.72. The van der Waals surface area contributed by atoms with Crippen molar-refractivity contribution in [2.24, 2.45) is 0 Å². The lowest BCUT2D eigenvalue weighted by molar-refractivity contribution is -0.0465. The van der Waals surface area contributed by atoms with Gasteiger partial charge < -0.3 is 0 Å². The molecule has 0 aromatic heterocycles. The summed E-state index contributed by atoms with van der Waals surface area (Å²) >= 11 is 5.50.